The van der Waals surface area contributed by atoms with Gasteiger partial charge in [0.05, 0.1) is 12.2 Å². The van der Waals surface area contributed by atoms with Gasteiger partial charge >= 0.3 is 5.97 Å². The third-order valence-corrected chi connectivity index (χ3v) is 3.72. The number of benzene rings is 1. The smallest absolute Gasteiger partial charge is 0.356 e. The molecule has 1 amide bonds. The molecule has 0 saturated carbocycles. The molecule has 2 aromatic rings. The predicted molar refractivity (Wildman–Crippen MR) is 75.2 cm³/mol. The molecule has 3 rings (SSSR count). The predicted octanol–water partition coefficient (Wildman–Crippen LogP) is 1.61. The molecule has 2 heterocycles. The lowest BCUT2D eigenvalue weighted by Gasteiger charge is -2.26. The number of carbonyl (C=O) groups is 2. The highest BCUT2D eigenvalue weighted by Crippen LogP contribution is 2.21. The van der Waals surface area contributed by atoms with E-state index in [1.807, 2.05) is 31.2 Å². The van der Waals surface area contributed by atoms with Crippen molar-refractivity contribution in [3.63, 3.8) is 0 Å². The first-order chi connectivity index (χ1) is 10.1. The largest absolute Gasteiger partial charge is 0.476 e. The molecule has 1 aliphatic rings. The molecule has 2 N–H and O–H groups in total. The number of aryl methyl sites for hydroxylation is 1. The summed E-state index contributed by atoms with van der Waals surface area (Å²) in [7, 11) is 0. The summed E-state index contributed by atoms with van der Waals surface area (Å²) in [5.41, 5.74) is 3.22. The molecule has 21 heavy (non-hydrogen) atoms. The first-order valence-corrected chi connectivity index (χ1v) is 6.71. The van der Waals surface area contributed by atoms with E-state index in [-0.39, 0.29) is 11.6 Å². The number of hydrogen-bond acceptors (Lipinski definition) is 3. The zero-order chi connectivity index (χ0) is 15.0. The third-order valence-electron chi connectivity index (χ3n) is 3.72. The fourth-order valence-electron chi connectivity index (χ4n) is 2.55. The number of fused-ring (bicyclic) bond motifs is 1. The highest BCUT2D eigenvalue weighted by Gasteiger charge is 2.27. The number of carbonyl (C=O) groups excluding carboxylic acids is 1. The molecule has 6 heteroatoms. The Morgan fingerprint density at radius 2 is 2.00 bits per heavy atom. The zero-order valence-electron chi connectivity index (χ0n) is 11.6. The standard InChI is InChI=1S/C15H15N3O3/c1-9-2-4-10(5-3-9)14(19)18-7-6-11-12(8-18)16-17-13(11)15(20)21/h2-5H,6-8H2,1H3,(H,16,17)(H,20,21). The second-order valence-corrected chi connectivity index (χ2v) is 5.18. The number of aromatic amines is 1. The Morgan fingerprint density at radius 3 is 2.67 bits per heavy atom. The maximum absolute atomic E-state index is 12.4. The van der Waals surface area contributed by atoms with E-state index in [4.69, 9.17) is 5.11 Å². The van der Waals surface area contributed by atoms with Crippen LogP contribution in [0.1, 0.15) is 37.7 Å². The number of aromatic carboxylic acids is 1. The fourth-order valence-corrected chi connectivity index (χ4v) is 2.55. The number of H-pyrrole nitrogens is 1. The molecule has 0 bridgehead atoms. The van der Waals surface area contributed by atoms with Crippen molar-refractivity contribution >= 4 is 11.9 Å². The SMILES string of the molecule is Cc1ccc(C(=O)N2CCc3c(C(=O)O)n[nH]c3C2)cc1. The van der Waals surface area contributed by atoms with Crippen molar-refractivity contribution in [2.45, 2.75) is 19.9 Å². The van der Waals surface area contributed by atoms with Gasteiger partial charge in [-0.1, -0.05) is 17.7 Å². The van der Waals surface area contributed by atoms with Crippen LogP contribution < -0.4 is 0 Å². The molecular weight excluding hydrogens is 270 g/mol. The lowest BCUT2D eigenvalue weighted by molar-refractivity contribution is 0.0689. The molecule has 0 spiro atoms. The summed E-state index contributed by atoms with van der Waals surface area (Å²) in [4.78, 5) is 25.2. The fraction of sp³-hybridized carbons (Fsp3) is 0.267. The maximum Gasteiger partial charge on any atom is 0.356 e. The van der Waals surface area contributed by atoms with E-state index in [1.165, 1.54) is 0 Å². The average molecular weight is 285 g/mol. The molecular formula is C15H15N3O3. The molecule has 0 fully saturated rings. The quantitative estimate of drug-likeness (QED) is 0.877. The van der Waals surface area contributed by atoms with Crippen LogP contribution in [0.5, 0.6) is 0 Å². The van der Waals surface area contributed by atoms with E-state index in [0.717, 1.165) is 5.56 Å². The summed E-state index contributed by atoms with van der Waals surface area (Å²) in [5.74, 6) is -1.09. The van der Waals surface area contributed by atoms with Crippen molar-refractivity contribution < 1.29 is 14.7 Å². The normalized spacial score (nSPS) is 13.9. The minimum Gasteiger partial charge on any atom is -0.476 e. The third kappa shape index (κ3) is 2.40. The van der Waals surface area contributed by atoms with Gasteiger partial charge in [0.2, 0.25) is 0 Å². The van der Waals surface area contributed by atoms with Gasteiger partial charge in [-0.15, -0.1) is 0 Å². The average Bonchev–Trinajstić information content (AvgIpc) is 2.90. The summed E-state index contributed by atoms with van der Waals surface area (Å²) < 4.78 is 0. The van der Waals surface area contributed by atoms with Gasteiger partial charge in [0.15, 0.2) is 5.69 Å². The molecule has 0 aliphatic carbocycles. The van der Waals surface area contributed by atoms with Crippen LogP contribution in [0.15, 0.2) is 24.3 Å². The Balaban J connectivity index is 1.81. The van der Waals surface area contributed by atoms with Crippen LogP contribution in [0.4, 0.5) is 0 Å². The Morgan fingerprint density at radius 1 is 1.29 bits per heavy atom. The number of carboxylic acid groups (broad SMARTS) is 1. The Hall–Kier alpha value is -2.63. The lowest BCUT2D eigenvalue weighted by atomic mass is 10.0. The van der Waals surface area contributed by atoms with Crippen LogP contribution in [-0.2, 0) is 13.0 Å². The molecule has 0 atom stereocenters. The van der Waals surface area contributed by atoms with Crippen molar-refractivity contribution in [3.05, 3.63) is 52.3 Å². The van der Waals surface area contributed by atoms with Gasteiger partial charge in [-0.05, 0) is 25.5 Å². The molecule has 0 saturated heterocycles. The highest BCUT2D eigenvalue weighted by atomic mass is 16.4. The number of nitrogens with zero attached hydrogens (tertiary/aromatic N) is 2. The van der Waals surface area contributed by atoms with Gasteiger partial charge in [-0.3, -0.25) is 9.89 Å². The van der Waals surface area contributed by atoms with Gasteiger partial charge in [-0.2, -0.15) is 5.10 Å². The van der Waals surface area contributed by atoms with Gasteiger partial charge in [0.1, 0.15) is 0 Å². The Bertz CT molecular complexity index is 703. The van der Waals surface area contributed by atoms with Gasteiger partial charge in [0, 0.05) is 17.7 Å². The zero-order valence-corrected chi connectivity index (χ0v) is 11.6. The molecule has 1 aliphatic heterocycles. The highest BCUT2D eigenvalue weighted by molar-refractivity contribution is 5.94. The first kappa shape index (κ1) is 13.4. The molecule has 0 unspecified atom stereocenters. The minimum absolute atomic E-state index is 0.0490. The summed E-state index contributed by atoms with van der Waals surface area (Å²) in [5, 5.41) is 15.6. The molecule has 1 aromatic heterocycles. The number of rotatable bonds is 2. The van der Waals surface area contributed by atoms with E-state index in [9.17, 15) is 9.59 Å². The lowest BCUT2D eigenvalue weighted by Crippen LogP contribution is -2.36. The van der Waals surface area contributed by atoms with Gasteiger partial charge < -0.3 is 10.0 Å². The number of aromatic nitrogens is 2. The van der Waals surface area contributed by atoms with Crippen molar-refractivity contribution in [2.24, 2.45) is 0 Å². The monoisotopic (exact) mass is 285 g/mol. The Kier molecular flexibility index (Phi) is 3.21. The van der Waals surface area contributed by atoms with Crippen LogP contribution in [-0.4, -0.2) is 38.6 Å². The number of carboxylic acids is 1. The van der Waals surface area contributed by atoms with Crippen molar-refractivity contribution in [1.29, 1.82) is 0 Å². The van der Waals surface area contributed by atoms with Crippen LogP contribution in [0.2, 0.25) is 0 Å². The van der Waals surface area contributed by atoms with Crippen molar-refractivity contribution in [2.75, 3.05) is 6.54 Å². The topological polar surface area (TPSA) is 86.3 Å². The minimum atomic E-state index is -1.04. The van der Waals surface area contributed by atoms with Crippen LogP contribution >= 0.6 is 0 Å². The van der Waals surface area contributed by atoms with Gasteiger partial charge in [0.25, 0.3) is 5.91 Å². The summed E-state index contributed by atoms with van der Waals surface area (Å²) in [6.07, 6.45) is 0.505. The molecule has 1 aromatic carbocycles. The summed E-state index contributed by atoms with van der Waals surface area (Å²) >= 11 is 0. The molecule has 0 radical (unpaired) electrons. The maximum atomic E-state index is 12.4. The number of amides is 1. The summed E-state index contributed by atoms with van der Waals surface area (Å²) in [6, 6.07) is 7.42. The van der Waals surface area contributed by atoms with Crippen LogP contribution in [0.25, 0.3) is 0 Å². The van der Waals surface area contributed by atoms with Gasteiger partial charge in [-0.25, -0.2) is 4.79 Å². The van der Waals surface area contributed by atoms with Crippen LogP contribution in [0, 0.1) is 6.92 Å². The van der Waals surface area contributed by atoms with Crippen LogP contribution in [0.3, 0.4) is 0 Å². The summed E-state index contributed by atoms with van der Waals surface area (Å²) in [6.45, 7) is 2.83. The van der Waals surface area contributed by atoms with E-state index in [1.54, 1.807) is 4.90 Å². The van der Waals surface area contributed by atoms with Crippen molar-refractivity contribution in [1.82, 2.24) is 15.1 Å². The van der Waals surface area contributed by atoms with Crippen molar-refractivity contribution in [3.8, 4) is 0 Å². The second kappa shape index (κ2) is 5.05. The molecule has 108 valence electrons. The first-order valence-electron chi connectivity index (χ1n) is 6.71. The second-order valence-electron chi connectivity index (χ2n) is 5.18. The van der Waals surface area contributed by atoms with E-state index < -0.39 is 5.97 Å². The number of nitrogens with one attached hydrogen (secondary N) is 1. The van der Waals surface area contributed by atoms with E-state index >= 15 is 0 Å². The number of hydrogen-bond donors (Lipinski definition) is 2. The van der Waals surface area contributed by atoms with E-state index in [0.29, 0.717) is 36.3 Å². The Labute approximate surface area is 121 Å². The van der Waals surface area contributed by atoms with E-state index in [2.05, 4.69) is 10.2 Å². The molecule has 6 nitrogen and oxygen atoms in total.